The summed E-state index contributed by atoms with van der Waals surface area (Å²) < 4.78 is 38.6. The summed E-state index contributed by atoms with van der Waals surface area (Å²) in [6.45, 7) is 1.50. The molecule has 0 heterocycles. The largest absolute Gasteiger partial charge is 0.495 e. The van der Waals surface area contributed by atoms with Crippen molar-refractivity contribution >= 4 is 33.2 Å². The van der Waals surface area contributed by atoms with Crippen LogP contribution in [0.5, 0.6) is 11.5 Å². The van der Waals surface area contributed by atoms with Gasteiger partial charge in [-0.25, -0.2) is 13.1 Å². The van der Waals surface area contributed by atoms with Gasteiger partial charge in [0.05, 0.1) is 17.7 Å². The number of carbonyl (C=O) groups excluding carboxylic acids is 1. The van der Waals surface area contributed by atoms with Crippen LogP contribution in [0.4, 0.5) is 5.69 Å². The lowest BCUT2D eigenvalue weighted by atomic mass is 10.1. The lowest BCUT2D eigenvalue weighted by Crippen LogP contribution is -2.26. The Morgan fingerprint density at radius 3 is 2.38 bits per heavy atom. The third-order valence-corrected chi connectivity index (χ3v) is 6.36. The molecule has 0 aliphatic rings. The van der Waals surface area contributed by atoms with E-state index in [4.69, 9.17) is 21.1 Å². The van der Waals surface area contributed by atoms with E-state index in [1.165, 1.54) is 31.4 Å². The molecule has 1 amide bonds. The third kappa shape index (κ3) is 6.23. The van der Waals surface area contributed by atoms with E-state index >= 15 is 0 Å². The van der Waals surface area contributed by atoms with Crippen molar-refractivity contribution in [3.05, 3.63) is 83.4 Å². The molecule has 7 nitrogen and oxygen atoms in total. The van der Waals surface area contributed by atoms with Crippen LogP contribution in [-0.4, -0.2) is 28.0 Å². The van der Waals surface area contributed by atoms with E-state index in [-0.39, 0.29) is 17.5 Å². The molecule has 0 bridgehead atoms. The van der Waals surface area contributed by atoms with Crippen molar-refractivity contribution in [3.63, 3.8) is 0 Å². The lowest BCUT2D eigenvalue weighted by Gasteiger charge is -2.15. The molecular formula is C23H23ClN2O5S. The first-order chi connectivity index (χ1) is 15.3. The van der Waals surface area contributed by atoms with Gasteiger partial charge in [-0.3, -0.25) is 4.79 Å². The van der Waals surface area contributed by atoms with E-state index in [9.17, 15) is 13.2 Å². The Hall–Kier alpha value is -3.07. The normalized spacial score (nSPS) is 12.1. The maximum atomic E-state index is 12.6. The van der Waals surface area contributed by atoms with Crippen LogP contribution in [0.1, 0.15) is 18.5 Å². The summed E-state index contributed by atoms with van der Waals surface area (Å²) in [4.78, 5) is 12.3. The van der Waals surface area contributed by atoms with Crippen molar-refractivity contribution < 1.29 is 22.7 Å². The average Bonchev–Trinajstić information content (AvgIpc) is 2.78. The van der Waals surface area contributed by atoms with E-state index in [2.05, 4.69) is 10.0 Å². The zero-order chi connectivity index (χ0) is 23.1. The Morgan fingerprint density at radius 2 is 1.72 bits per heavy atom. The summed E-state index contributed by atoms with van der Waals surface area (Å²) in [5.41, 5.74) is 1.28. The number of rotatable bonds is 9. The number of hydrogen-bond donors (Lipinski definition) is 2. The molecular weight excluding hydrogens is 452 g/mol. The molecule has 0 aliphatic heterocycles. The summed E-state index contributed by atoms with van der Waals surface area (Å²) in [5, 5.41) is 3.12. The van der Waals surface area contributed by atoms with E-state index in [0.717, 1.165) is 5.56 Å². The number of sulfonamides is 1. The topological polar surface area (TPSA) is 93.7 Å². The molecule has 0 saturated carbocycles. The predicted octanol–water partition coefficient (Wildman–Crippen LogP) is 4.41. The Balaban J connectivity index is 1.58. The van der Waals surface area contributed by atoms with E-state index in [0.29, 0.717) is 22.2 Å². The van der Waals surface area contributed by atoms with E-state index in [1.54, 1.807) is 25.1 Å². The van der Waals surface area contributed by atoms with Crippen molar-refractivity contribution in [2.24, 2.45) is 0 Å². The monoisotopic (exact) mass is 474 g/mol. The summed E-state index contributed by atoms with van der Waals surface area (Å²) in [6, 6.07) is 19.6. The molecule has 3 aromatic rings. The highest BCUT2D eigenvalue weighted by atomic mass is 35.5. The van der Waals surface area contributed by atoms with Gasteiger partial charge in [0.2, 0.25) is 10.0 Å². The summed E-state index contributed by atoms with van der Waals surface area (Å²) in [7, 11) is -2.23. The van der Waals surface area contributed by atoms with Crippen LogP contribution < -0.4 is 19.5 Å². The van der Waals surface area contributed by atoms with Crippen LogP contribution in [0.2, 0.25) is 5.02 Å². The summed E-state index contributed by atoms with van der Waals surface area (Å²) in [6.07, 6.45) is 0. The van der Waals surface area contributed by atoms with Gasteiger partial charge in [-0.05, 0) is 55.0 Å². The van der Waals surface area contributed by atoms with Crippen LogP contribution in [0, 0.1) is 0 Å². The number of anilines is 1. The number of hydrogen-bond acceptors (Lipinski definition) is 5. The average molecular weight is 475 g/mol. The van der Waals surface area contributed by atoms with E-state index in [1.807, 2.05) is 30.3 Å². The molecule has 32 heavy (non-hydrogen) atoms. The van der Waals surface area contributed by atoms with Gasteiger partial charge in [0.25, 0.3) is 5.91 Å². The fourth-order valence-corrected chi connectivity index (χ4v) is 4.34. The minimum absolute atomic E-state index is 0.0979. The second-order valence-corrected chi connectivity index (χ2v) is 9.06. The van der Waals surface area contributed by atoms with Gasteiger partial charge in [-0.2, -0.15) is 0 Å². The van der Waals surface area contributed by atoms with Crippen LogP contribution >= 0.6 is 11.6 Å². The molecule has 0 aliphatic carbocycles. The minimum atomic E-state index is -3.72. The van der Waals surface area contributed by atoms with Gasteiger partial charge in [0.15, 0.2) is 6.61 Å². The molecule has 3 aromatic carbocycles. The maximum absolute atomic E-state index is 12.6. The quantitative estimate of drug-likeness (QED) is 0.479. The molecule has 1 atom stereocenters. The lowest BCUT2D eigenvalue weighted by molar-refractivity contribution is -0.118. The highest BCUT2D eigenvalue weighted by Gasteiger charge is 2.18. The van der Waals surface area contributed by atoms with Crippen LogP contribution in [0.25, 0.3) is 0 Å². The summed E-state index contributed by atoms with van der Waals surface area (Å²) in [5.74, 6) is 0.406. The van der Waals surface area contributed by atoms with Gasteiger partial charge >= 0.3 is 0 Å². The number of carbonyl (C=O) groups is 1. The number of methoxy groups -OCH3 is 1. The number of amides is 1. The molecule has 0 spiro atoms. The van der Waals surface area contributed by atoms with Crippen LogP contribution in [-0.2, 0) is 14.8 Å². The highest BCUT2D eigenvalue weighted by Crippen LogP contribution is 2.27. The van der Waals surface area contributed by atoms with Gasteiger partial charge in [-0.15, -0.1) is 0 Å². The zero-order valence-electron chi connectivity index (χ0n) is 17.5. The number of nitrogens with one attached hydrogen (secondary N) is 2. The highest BCUT2D eigenvalue weighted by molar-refractivity contribution is 7.89. The van der Waals surface area contributed by atoms with Gasteiger partial charge in [0, 0.05) is 11.1 Å². The van der Waals surface area contributed by atoms with Gasteiger partial charge in [-0.1, -0.05) is 41.9 Å². The Bertz CT molecular complexity index is 1170. The molecule has 0 fully saturated rings. The third-order valence-electron chi connectivity index (χ3n) is 4.57. The van der Waals surface area contributed by atoms with Crippen molar-refractivity contribution in [1.29, 1.82) is 0 Å². The molecule has 2 N–H and O–H groups in total. The van der Waals surface area contributed by atoms with Gasteiger partial charge < -0.3 is 14.8 Å². The first kappa shape index (κ1) is 23.6. The van der Waals surface area contributed by atoms with Gasteiger partial charge in [0.1, 0.15) is 11.5 Å². The van der Waals surface area contributed by atoms with Crippen LogP contribution in [0.3, 0.4) is 0 Å². The van der Waals surface area contributed by atoms with Crippen molar-refractivity contribution in [3.8, 4) is 11.5 Å². The van der Waals surface area contributed by atoms with Crippen molar-refractivity contribution in [2.45, 2.75) is 17.9 Å². The number of halogens is 1. The predicted molar refractivity (Wildman–Crippen MR) is 124 cm³/mol. The number of benzene rings is 3. The molecule has 0 unspecified atom stereocenters. The standard InChI is InChI=1S/C23H23ClN2O5S/c1-16(17-6-4-3-5-7-17)26-32(28,29)20-11-9-19(10-12-20)31-15-23(27)25-21-14-18(24)8-13-22(21)30-2/h3-14,16,26H,15H2,1-2H3,(H,25,27)/t16-/m0/s1. The summed E-state index contributed by atoms with van der Waals surface area (Å²) >= 11 is 5.96. The first-order valence-electron chi connectivity index (χ1n) is 9.72. The Kier molecular flexibility index (Phi) is 7.74. The SMILES string of the molecule is COc1ccc(Cl)cc1NC(=O)COc1ccc(S(=O)(=O)N[C@@H](C)c2ccccc2)cc1. The molecule has 0 radical (unpaired) electrons. The maximum Gasteiger partial charge on any atom is 0.262 e. The first-order valence-corrected chi connectivity index (χ1v) is 11.6. The minimum Gasteiger partial charge on any atom is -0.495 e. The van der Waals surface area contributed by atoms with Crippen LogP contribution in [0.15, 0.2) is 77.7 Å². The molecule has 0 saturated heterocycles. The molecule has 3 rings (SSSR count). The second kappa shape index (κ2) is 10.5. The van der Waals surface area contributed by atoms with Crippen molar-refractivity contribution in [1.82, 2.24) is 4.72 Å². The molecule has 168 valence electrons. The Morgan fingerprint density at radius 1 is 1.03 bits per heavy atom. The smallest absolute Gasteiger partial charge is 0.262 e. The van der Waals surface area contributed by atoms with E-state index < -0.39 is 15.9 Å². The number of ether oxygens (including phenoxy) is 2. The molecule has 0 aromatic heterocycles. The van der Waals surface area contributed by atoms with Crippen molar-refractivity contribution in [2.75, 3.05) is 19.0 Å². The fourth-order valence-electron chi connectivity index (χ4n) is 2.94. The fraction of sp³-hybridized carbons (Fsp3) is 0.174. The zero-order valence-corrected chi connectivity index (χ0v) is 19.1. The second-order valence-electron chi connectivity index (χ2n) is 6.91. The Labute approximate surface area is 192 Å². The molecule has 9 heteroatoms.